The van der Waals surface area contributed by atoms with E-state index in [0.29, 0.717) is 12.1 Å². The van der Waals surface area contributed by atoms with E-state index in [4.69, 9.17) is 0 Å². The fraction of sp³-hybridized carbons (Fsp3) is 0.600. The first-order valence-electron chi connectivity index (χ1n) is 6.94. The van der Waals surface area contributed by atoms with Crippen molar-refractivity contribution in [1.82, 2.24) is 10.2 Å². The molecule has 2 aliphatic heterocycles. The van der Waals surface area contributed by atoms with Gasteiger partial charge in [0, 0.05) is 37.3 Å². The van der Waals surface area contributed by atoms with Gasteiger partial charge in [-0.3, -0.25) is 4.90 Å². The maximum Gasteiger partial charge on any atom is 0.127 e. The summed E-state index contributed by atoms with van der Waals surface area (Å²) in [6.45, 7) is 4.92. The van der Waals surface area contributed by atoms with Crippen LogP contribution in [0, 0.1) is 12.7 Å². The Hall–Kier alpha value is -0.930. The maximum absolute atomic E-state index is 13.8. The third-order valence-electron chi connectivity index (χ3n) is 4.20. The summed E-state index contributed by atoms with van der Waals surface area (Å²) in [5.41, 5.74) is 1.98. The molecule has 0 aromatic heterocycles. The Balaban J connectivity index is 1.70. The van der Waals surface area contributed by atoms with Crippen molar-refractivity contribution in [2.45, 2.75) is 44.8 Å². The number of halogens is 1. The van der Waals surface area contributed by atoms with E-state index >= 15 is 0 Å². The molecule has 1 aromatic carbocycles. The van der Waals surface area contributed by atoms with Crippen molar-refractivity contribution in [1.29, 1.82) is 0 Å². The summed E-state index contributed by atoms with van der Waals surface area (Å²) in [4.78, 5) is 2.40. The fourth-order valence-electron chi connectivity index (χ4n) is 3.22. The number of fused-ring (bicyclic) bond motifs is 2. The molecule has 2 bridgehead atoms. The van der Waals surface area contributed by atoms with Gasteiger partial charge in [-0.05, 0) is 32.3 Å². The van der Waals surface area contributed by atoms with Gasteiger partial charge in [0.25, 0.3) is 0 Å². The van der Waals surface area contributed by atoms with Gasteiger partial charge in [-0.15, -0.1) is 0 Å². The van der Waals surface area contributed by atoms with Crippen molar-refractivity contribution in [3.05, 3.63) is 35.1 Å². The molecule has 2 unspecified atom stereocenters. The van der Waals surface area contributed by atoms with Crippen LogP contribution in [0.4, 0.5) is 4.39 Å². The van der Waals surface area contributed by atoms with Crippen molar-refractivity contribution < 1.29 is 4.39 Å². The number of benzene rings is 1. The van der Waals surface area contributed by atoms with Crippen molar-refractivity contribution in [3.63, 3.8) is 0 Å². The molecule has 2 nitrogen and oxygen atoms in total. The van der Waals surface area contributed by atoms with Gasteiger partial charge in [0.05, 0.1) is 0 Å². The molecule has 1 aromatic rings. The Morgan fingerprint density at radius 1 is 1.28 bits per heavy atom. The smallest absolute Gasteiger partial charge is 0.127 e. The summed E-state index contributed by atoms with van der Waals surface area (Å²) in [6, 6.07) is 6.72. The molecule has 18 heavy (non-hydrogen) atoms. The third kappa shape index (κ3) is 2.57. The number of nitrogens with one attached hydrogen (secondary N) is 1. The molecule has 0 saturated carbocycles. The lowest BCUT2D eigenvalue weighted by molar-refractivity contribution is 0.247. The predicted molar refractivity (Wildman–Crippen MR) is 71.0 cm³/mol. The Bertz CT molecular complexity index is 433. The van der Waals surface area contributed by atoms with Gasteiger partial charge in [0.2, 0.25) is 0 Å². The number of hydrogen-bond donors (Lipinski definition) is 1. The molecule has 0 spiro atoms. The van der Waals surface area contributed by atoms with Gasteiger partial charge in [-0.2, -0.15) is 0 Å². The van der Waals surface area contributed by atoms with E-state index < -0.39 is 0 Å². The zero-order chi connectivity index (χ0) is 12.5. The molecule has 0 aliphatic carbocycles. The average molecular weight is 248 g/mol. The third-order valence-corrected chi connectivity index (χ3v) is 4.20. The van der Waals surface area contributed by atoms with Gasteiger partial charge in [-0.1, -0.05) is 17.7 Å². The van der Waals surface area contributed by atoms with Crippen LogP contribution in [0.25, 0.3) is 0 Å². The fourth-order valence-corrected chi connectivity index (χ4v) is 3.22. The summed E-state index contributed by atoms with van der Waals surface area (Å²) in [6.07, 6.45) is 3.79. The minimum Gasteiger partial charge on any atom is -0.310 e. The van der Waals surface area contributed by atoms with Gasteiger partial charge in [-0.25, -0.2) is 4.39 Å². The highest BCUT2D eigenvalue weighted by atomic mass is 19.1. The summed E-state index contributed by atoms with van der Waals surface area (Å²) in [5.74, 6) is -0.0667. The second-order valence-corrected chi connectivity index (χ2v) is 5.76. The lowest BCUT2D eigenvalue weighted by Gasteiger charge is -2.24. The summed E-state index contributed by atoms with van der Waals surface area (Å²) in [7, 11) is 0. The largest absolute Gasteiger partial charge is 0.310 e. The molecular formula is C15H21FN2. The molecule has 98 valence electrons. The number of rotatable bonds is 2. The van der Waals surface area contributed by atoms with Crippen molar-refractivity contribution in [2.75, 3.05) is 13.1 Å². The number of likely N-dealkylation sites (tertiary alicyclic amines) is 1. The second kappa shape index (κ2) is 4.98. The van der Waals surface area contributed by atoms with Gasteiger partial charge < -0.3 is 5.32 Å². The number of hydrogen-bond acceptors (Lipinski definition) is 2. The SMILES string of the molecule is Cc1ccc(F)c(CN2CCC3CCC(C2)N3)c1. The first-order chi connectivity index (χ1) is 8.70. The molecule has 2 saturated heterocycles. The van der Waals surface area contributed by atoms with Crippen LogP contribution in [0.15, 0.2) is 18.2 Å². The van der Waals surface area contributed by atoms with Crippen molar-refractivity contribution >= 4 is 0 Å². The van der Waals surface area contributed by atoms with E-state index in [1.54, 1.807) is 6.07 Å². The predicted octanol–water partition coefficient (Wildman–Crippen LogP) is 2.46. The summed E-state index contributed by atoms with van der Waals surface area (Å²) >= 11 is 0. The first-order valence-corrected chi connectivity index (χ1v) is 6.94. The van der Waals surface area contributed by atoms with Crippen LogP contribution in [-0.2, 0) is 6.54 Å². The zero-order valence-corrected chi connectivity index (χ0v) is 11.0. The molecular weight excluding hydrogens is 227 g/mol. The monoisotopic (exact) mass is 248 g/mol. The molecule has 2 fully saturated rings. The van der Waals surface area contributed by atoms with Crippen LogP contribution >= 0.6 is 0 Å². The Morgan fingerprint density at radius 3 is 3.00 bits per heavy atom. The van der Waals surface area contributed by atoms with E-state index in [2.05, 4.69) is 10.2 Å². The van der Waals surface area contributed by atoms with E-state index in [-0.39, 0.29) is 5.82 Å². The van der Waals surface area contributed by atoms with Crippen LogP contribution < -0.4 is 5.32 Å². The Morgan fingerprint density at radius 2 is 2.11 bits per heavy atom. The maximum atomic E-state index is 13.8. The van der Waals surface area contributed by atoms with E-state index in [0.717, 1.165) is 30.8 Å². The van der Waals surface area contributed by atoms with Crippen LogP contribution in [0.5, 0.6) is 0 Å². The Labute approximate surface area is 108 Å². The van der Waals surface area contributed by atoms with E-state index in [1.165, 1.54) is 19.3 Å². The highest BCUT2D eigenvalue weighted by molar-refractivity contribution is 5.24. The molecule has 3 rings (SSSR count). The lowest BCUT2D eigenvalue weighted by Crippen LogP contribution is -2.35. The normalized spacial score (nSPS) is 28.3. The molecule has 2 atom stereocenters. The molecule has 3 heteroatoms. The highest BCUT2D eigenvalue weighted by Crippen LogP contribution is 2.22. The lowest BCUT2D eigenvalue weighted by atomic mass is 10.1. The van der Waals surface area contributed by atoms with Crippen molar-refractivity contribution in [2.24, 2.45) is 0 Å². The number of aryl methyl sites for hydroxylation is 1. The molecule has 0 radical (unpaired) electrons. The topological polar surface area (TPSA) is 15.3 Å². The minimum atomic E-state index is -0.0667. The minimum absolute atomic E-state index is 0.0667. The van der Waals surface area contributed by atoms with Crippen LogP contribution in [0.3, 0.4) is 0 Å². The van der Waals surface area contributed by atoms with E-state index in [1.807, 2.05) is 19.1 Å². The average Bonchev–Trinajstić information content (AvgIpc) is 2.67. The quantitative estimate of drug-likeness (QED) is 0.865. The Kier molecular flexibility index (Phi) is 3.35. The van der Waals surface area contributed by atoms with Gasteiger partial charge in [0.1, 0.15) is 5.82 Å². The first kappa shape index (κ1) is 12.1. The standard InChI is InChI=1S/C15H21FN2/c1-11-2-5-15(16)12(8-11)9-18-7-6-13-3-4-14(10-18)17-13/h2,5,8,13-14,17H,3-4,6-7,9-10H2,1H3. The van der Waals surface area contributed by atoms with Crippen LogP contribution in [0.2, 0.25) is 0 Å². The zero-order valence-electron chi connectivity index (χ0n) is 11.0. The molecule has 1 N–H and O–H groups in total. The highest BCUT2D eigenvalue weighted by Gasteiger charge is 2.29. The van der Waals surface area contributed by atoms with Gasteiger partial charge in [0.15, 0.2) is 0 Å². The summed E-state index contributed by atoms with van der Waals surface area (Å²) in [5, 5.41) is 3.66. The molecule has 2 heterocycles. The summed E-state index contributed by atoms with van der Waals surface area (Å²) < 4.78 is 13.8. The second-order valence-electron chi connectivity index (χ2n) is 5.76. The van der Waals surface area contributed by atoms with Crippen molar-refractivity contribution in [3.8, 4) is 0 Å². The van der Waals surface area contributed by atoms with Crippen LogP contribution in [0.1, 0.15) is 30.4 Å². The van der Waals surface area contributed by atoms with Gasteiger partial charge >= 0.3 is 0 Å². The van der Waals surface area contributed by atoms with Crippen LogP contribution in [-0.4, -0.2) is 30.1 Å². The molecule has 0 amide bonds. The van der Waals surface area contributed by atoms with E-state index in [9.17, 15) is 4.39 Å². The molecule has 2 aliphatic rings. The number of nitrogens with zero attached hydrogens (tertiary/aromatic N) is 1.